The standard InChI is InChI=1S/C12H23NO/c1-3-5-10(2)12(14)7-9-13-8-4-6-11(12)13/h10-11,14H,3-9H2,1-2H3. The van der Waals surface area contributed by atoms with Crippen LogP contribution in [0.3, 0.4) is 0 Å². The van der Waals surface area contributed by atoms with Gasteiger partial charge in [-0.3, -0.25) is 4.90 Å². The van der Waals surface area contributed by atoms with Crippen molar-refractivity contribution in [2.45, 2.75) is 57.6 Å². The molecule has 2 nitrogen and oxygen atoms in total. The summed E-state index contributed by atoms with van der Waals surface area (Å²) in [4.78, 5) is 2.49. The van der Waals surface area contributed by atoms with Crippen molar-refractivity contribution in [1.29, 1.82) is 0 Å². The molecule has 0 radical (unpaired) electrons. The van der Waals surface area contributed by atoms with Crippen LogP contribution in [0.2, 0.25) is 0 Å². The van der Waals surface area contributed by atoms with Crippen molar-refractivity contribution in [2.75, 3.05) is 13.1 Å². The maximum absolute atomic E-state index is 10.7. The third-order valence-electron chi connectivity index (χ3n) is 4.32. The van der Waals surface area contributed by atoms with Crippen LogP contribution in [0.1, 0.15) is 46.0 Å². The smallest absolute Gasteiger partial charge is 0.0839 e. The molecule has 3 atom stereocenters. The SMILES string of the molecule is CCCC(C)C1(O)CCN2CCCC21. The van der Waals surface area contributed by atoms with Crippen molar-refractivity contribution < 1.29 is 5.11 Å². The Labute approximate surface area is 87.3 Å². The molecule has 2 rings (SSSR count). The van der Waals surface area contributed by atoms with Gasteiger partial charge in [0.15, 0.2) is 0 Å². The zero-order valence-electron chi connectivity index (χ0n) is 9.50. The van der Waals surface area contributed by atoms with E-state index in [0.29, 0.717) is 12.0 Å². The minimum Gasteiger partial charge on any atom is -0.388 e. The second-order valence-electron chi connectivity index (χ2n) is 5.12. The Bertz CT molecular complexity index is 206. The van der Waals surface area contributed by atoms with Crippen LogP contribution in [0.5, 0.6) is 0 Å². The first-order valence-electron chi connectivity index (χ1n) is 6.15. The van der Waals surface area contributed by atoms with E-state index in [1.807, 2.05) is 0 Å². The van der Waals surface area contributed by atoms with E-state index >= 15 is 0 Å². The maximum atomic E-state index is 10.7. The lowest BCUT2D eigenvalue weighted by Gasteiger charge is -2.35. The number of hydrogen-bond donors (Lipinski definition) is 1. The summed E-state index contributed by atoms with van der Waals surface area (Å²) in [7, 11) is 0. The maximum Gasteiger partial charge on any atom is 0.0839 e. The predicted molar refractivity (Wildman–Crippen MR) is 58.2 cm³/mol. The van der Waals surface area contributed by atoms with Crippen molar-refractivity contribution in [3.63, 3.8) is 0 Å². The number of rotatable bonds is 3. The minimum absolute atomic E-state index is 0.369. The van der Waals surface area contributed by atoms with Gasteiger partial charge in [0.2, 0.25) is 0 Å². The molecule has 2 heterocycles. The normalized spacial score (nSPS) is 40.1. The zero-order chi connectivity index (χ0) is 10.2. The van der Waals surface area contributed by atoms with E-state index in [-0.39, 0.29) is 5.60 Å². The van der Waals surface area contributed by atoms with E-state index < -0.39 is 0 Å². The van der Waals surface area contributed by atoms with E-state index in [9.17, 15) is 5.11 Å². The third-order valence-corrected chi connectivity index (χ3v) is 4.32. The number of hydrogen-bond acceptors (Lipinski definition) is 2. The van der Waals surface area contributed by atoms with Crippen molar-refractivity contribution in [1.82, 2.24) is 4.90 Å². The first kappa shape index (κ1) is 10.4. The second kappa shape index (κ2) is 3.82. The van der Waals surface area contributed by atoms with E-state index in [2.05, 4.69) is 18.7 Å². The summed E-state index contributed by atoms with van der Waals surface area (Å²) in [6, 6.07) is 0.476. The van der Waals surface area contributed by atoms with Crippen LogP contribution in [0, 0.1) is 5.92 Å². The van der Waals surface area contributed by atoms with Crippen molar-refractivity contribution >= 4 is 0 Å². The highest BCUT2D eigenvalue weighted by atomic mass is 16.3. The highest BCUT2D eigenvalue weighted by Gasteiger charge is 2.50. The topological polar surface area (TPSA) is 23.5 Å². The quantitative estimate of drug-likeness (QED) is 0.748. The first-order valence-corrected chi connectivity index (χ1v) is 6.15. The molecule has 3 unspecified atom stereocenters. The van der Waals surface area contributed by atoms with Gasteiger partial charge in [-0.2, -0.15) is 0 Å². The van der Waals surface area contributed by atoms with Gasteiger partial charge in [-0.1, -0.05) is 20.3 Å². The molecule has 2 fully saturated rings. The lowest BCUT2D eigenvalue weighted by molar-refractivity contribution is -0.0366. The van der Waals surface area contributed by atoms with E-state index in [0.717, 1.165) is 13.0 Å². The molecule has 0 saturated carbocycles. The molecular formula is C12H23NO. The van der Waals surface area contributed by atoms with Gasteiger partial charge in [0, 0.05) is 12.6 Å². The van der Waals surface area contributed by atoms with Crippen molar-refractivity contribution in [3.8, 4) is 0 Å². The van der Waals surface area contributed by atoms with Crippen molar-refractivity contribution in [2.24, 2.45) is 5.92 Å². The molecule has 0 aromatic carbocycles. The molecule has 0 aromatic heterocycles. The van der Waals surface area contributed by atoms with Crippen LogP contribution < -0.4 is 0 Å². The molecule has 1 N–H and O–H groups in total. The Morgan fingerprint density at radius 3 is 3.00 bits per heavy atom. The summed E-state index contributed by atoms with van der Waals surface area (Å²) in [5.41, 5.74) is -0.369. The Balaban J connectivity index is 2.07. The Morgan fingerprint density at radius 1 is 1.50 bits per heavy atom. The van der Waals surface area contributed by atoms with E-state index in [1.165, 1.54) is 32.2 Å². The molecular weight excluding hydrogens is 174 g/mol. The molecule has 0 amide bonds. The average molecular weight is 197 g/mol. The van der Waals surface area contributed by atoms with Gasteiger partial charge in [0.05, 0.1) is 5.60 Å². The minimum atomic E-state index is -0.369. The monoisotopic (exact) mass is 197 g/mol. The highest BCUT2D eigenvalue weighted by Crippen LogP contribution is 2.41. The summed E-state index contributed by atoms with van der Waals surface area (Å²) in [5.74, 6) is 0.473. The molecule has 2 aliphatic heterocycles. The molecule has 2 saturated heterocycles. The molecule has 2 aliphatic rings. The fourth-order valence-electron chi connectivity index (χ4n) is 3.41. The summed E-state index contributed by atoms with van der Waals surface area (Å²) < 4.78 is 0. The fraction of sp³-hybridized carbons (Fsp3) is 1.00. The van der Waals surface area contributed by atoms with Gasteiger partial charge >= 0.3 is 0 Å². The Hall–Kier alpha value is -0.0800. The predicted octanol–water partition coefficient (Wildman–Crippen LogP) is 2.02. The number of aliphatic hydroxyl groups is 1. The first-order chi connectivity index (χ1) is 6.68. The summed E-state index contributed by atoms with van der Waals surface area (Å²) in [6.07, 6.45) is 5.85. The van der Waals surface area contributed by atoms with Gasteiger partial charge in [-0.05, 0) is 38.1 Å². The van der Waals surface area contributed by atoms with Crippen molar-refractivity contribution in [3.05, 3.63) is 0 Å². The van der Waals surface area contributed by atoms with E-state index in [4.69, 9.17) is 0 Å². The van der Waals surface area contributed by atoms with Gasteiger partial charge in [-0.25, -0.2) is 0 Å². The van der Waals surface area contributed by atoms with Crippen LogP contribution >= 0.6 is 0 Å². The van der Waals surface area contributed by atoms with E-state index in [1.54, 1.807) is 0 Å². The summed E-state index contributed by atoms with van der Waals surface area (Å²) in [5, 5.41) is 10.7. The third kappa shape index (κ3) is 1.49. The highest BCUT2D eigenvalue weighted by molar-refractivity contribution is 5.04. The Morgan fingerprint density at radius 2 is 2.29 bits per heavy atom. The van der Waals surface area contributed by atoms with Gasteiger partial charge in [0.1, 0.15) is 0 Å². The largest absolute Gasteiger partial charge is 0.388 e. The van der Waals surface area contributed by atoms with Crippen LogP contribution in [0.15, 0.2) is 0 Å². The fourth-order valence-corrected chi connectivity index (χ4v) is 3.41. The lowest BCUT2D eigenvalue weighted by atomic mass is 9.79. The van der Waals surface area contributed by atoms with Crippen LogP contribution in [-0.2, 0) is 0 Å². The number of fused-ring (bicyclic) bond motifs is 1. The van der Waals surface area contributed by atoms with Gasteiger partial charge < -0.3 is 5.11 Å². The summed E-state index contributed by atoms with van der Waals surface area (Å²) in [6.45, 7) is 6.77. The second-order valence-corrected chi connectivity index (χ2v) is 5.12. The summed E-state index contributed by atoms with van der Waals surface area (Å²) >= 11 is 0. The lowest BCUT2D eigenvalue weighted by Crippen LogP contribution is -2.46. The molecule has 14 heavy (non-hydrogen) atoms. The van der Waals surface area contributed by atoms with Crippen LogP contribution in [0.4, 0.5) is 0 Å². The van der Waals surface area contributed by atoms with Gasteiger partial charge in [-0.15, -0.1) is 0 Å². The van der Waals surface area contributed by atoms with Crippen LogP contribution in [0.25, 0.3) is 0 Å². The molecule has 0 aliphatic carbocycles. The Kier molecular flexibility index (Phi) is 2.85. The molecule has 0 bridgehead atoms. The molecule has 0 aromatic rings. The van der Waals surface area contributed by atoms with Gasteiger partial charge in [0.25, 0.3) is 0 Å². The average Bonchev–Trinajstić information content (AvgIpc) is 2.71. The van der Waals surface area contributed by atoms with Crippen LogP contribution in [-0.4, -0.2) is 34.7 Å². The molecule has 2 heteroatoms. The number of nitrogens with zero attached hydrogens (tertiary/aromatic N) is 1. The zero-order valence-corrected chi connectivity index (χ0v) is 9.50. The molecule has 82 valence electrons. The molecule has 0 spiro atoms.